The van der Waals surface area contributed by atoms with Gasteiger partial charge < -0.3 is 4.74 Å². The number of para-hydroxylation sites is 1. The molecule has 5 nitrogen and oxygen atoms in total. The van der Waals surface area contributed by atoms with Crippen molar-refractivity contribution in [3.63, 3.8) is 0 Å². The van der Waals surface area contributed by atoms with Gasteiger partial charge in [0.1, 0.15) is 17.3 Å². The highest BCUT2D eigenvalue weighted by Crippen LogP contribution is 2.31. The molecular formula is C27H17BrFN3O2S. The van der Waals surface area contributed by atoms with Gasteiger partial charge in [0.15, 0.2) is 0 Å². The zero-order valence-electron chi connectivity index (χ0n) is 18.1. The second kappa shape index (κ2) is 10.2. The quantitative estimate of drug-likeness (QED) is 0.162. The lowest BCUT2D eigenvalue weighted by Gasteiger charge is -2.14. The number of carbonyl (C=O) groups is 1. The molecule has 172 valence electrons. The monoisotopic (exact) mass is 545 g/mol. The van der Waals surface area contributed by atoms with Gasteiger partial charge in [-0.1, -0.05) is 63.7 Å². The van der Waals surface area contributed by atoms with Crippen molar-refractivity contribution in [3.05, 3.63) is 118 Å². The van der Waals surface area contributed by atoms with Crippen LogP contribution < -0.4 is 9.75 Å². The number of ether oxygens (including phenoxy) is 1. The first-order chi connectivity index (χ1) is 17.0. The topological polar surface area (TPSA) is 54.8 Å². The van der Waals surface area contributed by atoms with Crippen LogP contribution in [0.1, 0.15) is 15.9 Å². The number of hydrogen-bond acceptors (Lipinski definition) is 5. The molecule has 5 aromatic rings. The first-order valence-electron chi connectivity index (χ1n) is 10.6. The van der Waals surface area contributed by atoms with Gasteiger partial charge in [-0.3, -0.25) is 4.79 Å². The number of anilines is 1. The van der Waals surface area contributed by atoms with E-state index in [4.69, 9.17) is 4.74 Å². The average molecular weight is 546 g/mol. The van der Waals surface area contributed by atoms with Crippen molar-refractivity contribution < 1.29 is 13.9 Å². The average Bonchev–Trinajstić information content (AvgIpc) is 3.29. The van der Waals surface area contributed by atoms with Gasteiger partial charge in [0, 0.05) is 10.0 Å². The fraction of sp³-hybridized carbons (Fsp3) is 0. The number of hydrogen-bond donors (Lipinski definition) is 0. The van der Waals surface area contributed by atoms with Crippen molar-refractivity contribution >= 4 is 54.7 Å². The molecule has 0 aliphatic rings. The Labute approximate surface area is 213 Å². The maximum Gasteiger partial charge on any atom is 0.280 e. The van der Waals surface area contributed by atoms with E-state index in [1.807, 2.05) is 54.6 Å². The van der Waals surface area contributed by atoms with Crippen LogP contribution in [-0.2, 0) is 0 Å². The molecule has 1 aromatic heterocycles. The van der Waals surface area contributed by atoms with Crippen molar-refractivity contribution in [2.45, 2.75) is 0 Å². The normalized spacial score (nSPS) is 11.1. The molecule has 0 N–H and O–H groups in total. The van der Waals surface area contributed by atoms with Crippen LogP contribution in [0.3, 0.4) is 0 Å². The summed E-state index contributed by atoms with van der Waals surface area (Å²) in [6, 6.07) is 28.0. The number of nitrogens with zero attached hydrogens (tertiary/aromatic N) is 3. The van der Waals surface area contributed by atoms with E-state index < -0.39 is 5.91 Å². The lowest BCUT2D eigenvalue weighted by Crippen LogP contribution is -2.25. The second-order valence-corrected chi connectivity index (χ2v) is 9.39. The maximum atomic E-state index is 13.7. The molecule has 0 aliphatic heterocycles. The van der Waals surface area contributed by atoms with Crippen LogP contribution in [0, 0.1) is 5.82 Å². The van der Waals surface area contributed by atoms with E-state index >= 15 is 0 Å². The van der Waals surface area contributed by atoms with Crippen molar-refractivity contribution in [2.75, 3.05) is 5.01 Å². The van der Waals surface area contributed by atoms with Crippen LogP contribution >= 0.6 is 27.3 Å². The van der Waals surface area contributed by atoms with E-state index in [0.29, 0.717) is 32.4 Å². The number of rotatable bonds is 6. The van der Waals surface area contributed by atoms with Crippen LogP contribution in [0.4, 0.5) is 9.52 Å². The lowest BCUT2D eigenvalue weighted by atomic mass is 10.2. The minimum atomic E-state index is -0.392. The van der Waals surface area contributed by atoms with Gasteiger partial charge in [0.25, 0.3) is 5.91 Å². The summed E-state index contributed by atoms with van der Waals surface area (Å²) < 4.78 is 21.2. The first-order valence-corrected chi connectivity index (χ1v) is 12.2. The Balaban J connectivity index is 1.50. The molecule has 5 rings (SSSR count). The molecule has 1 heterocycles. The van der Waals surface area contributed by atoms with Crippen LogP contribution in [0.2, 0.25) is 0 Å². The van der Waals surface area contributed by atoms with Crippen LogP contribution in [0.25, 0.3) is 10.2 Å². The van der Waals surface area contributed by atoms with Crippen molar-refractivity contribution in [2.24, 2.45) is 5.10 Å². The second-order valence-electron chi connectivity index (χ2n) is 7.46. The molecule has 0 saturated heterocycles. The highest BCUT2D eigenvalue weighted by Gasteiger charge is 2.22. The predicted octanol–water partition coefficient (Wildman–Crippen LogP) is 7.67. The van der Waals surface area contributed by atoms with Gasteiger partial charge in [-0.05, 0) is 66.2 Å². The molecule has 0 atom stereocenters. The van der Waals surface area contributed by atoms with Gasteiger partial charge in [0.05, 0.1) is 16.4 Å². The molecule has 8 heteroatoms. The van der Waals surface area contributed by atoms with Gasteiger partial charge in [-0.25, -0.2) is 9.37 Å². The van der Waals surface area contributed by atoms with Crippen LogP contribution in [-0.4, -0.2) is 17.1 Å². The van der Waals surface area contributed by atoms with Crippen molar-refractivity contribution in [3.8, 4) is 11.5 Å². The third-order valence-corrected chi connectivity index (χ3v) is 6.49. The Hall–Kier alpha value is -3.88. The molecule has 0 spiro atoms. The van der Waals surface area contributed by atoms with Crippen LogP contribution in [0.5, 0.6) is 11.5 Å². The summed E-state index contributed by atoms with van der Waals surface area (Å²) in [6.07, 6.45) is 1.58. The molecular weight excluding hydrogens is 529 g/mol. The minimum Gasteiger partial charge on any atom is -0.457 e. The van der Waals surface area contributed by atoms with E-state index in [1.54, 1.807) is 36.5 Å². The molecule has 0 fully saturated rings. The number of thiazole rings is 1. The predicted molar refractivity (Wildman–Crippen MR) is 141 cm³/mol. The molecule has 4 aromatic carbocycles. The van der Waals surface area contributed by atoms with Gasteiger partial charge >= 0.3 is 0 Å². The molecule has 0 bridgehead atoms. The summed E-state index contributed by atoms with van der Waals surface area (Å²) >= 11 is 4.60. The molecule has 0 aliphatic carbocycles. The number of benzene rings is 4. The molecule has 0 saturated carbocycles. The van der Waals surface area contributed by atoms with Crippen LogP contribution in [0.15, 0.2) is 107 Å². The minimum absolute atomic E-state index is 0.332. The molecule has 0 unspecified atom stereocenters. The Morgan fingerprint density at radius 1 is 0.943 bits per heavy atom. The van der Waals surface area contributed by atoms with E-state index in [0.717, 1.165) is 10.0 Å². The van der Waals surface area contributed by atoms with E-state index in [-0.39, 0.29) is 5.82 Å². The van der Waals surface area contributed by atoms with Gasteiger partial charge in [-0.15, -0.1) is 0 Å². The summed E-state index contributed by atoms with van der Waals surface area (Å²) in [7, 11) is 0. The van der Waals surface area contributed by atoms with Gasteiger partial charge in [-0.2, -0.15) is 10.1 Å². The number of carbonyl (C=O) groups excluding carboxylic acids is 1. The maximum absolute atomic E-state index is 13.7. The Morgan fingerprint density at radius 2 is 1.71 bits per heavy atom. The number of fused-ring (bicyclic) bond motifs is 1. The third-order valence-electron chi connectivity index (χ3n) is 4.96. The summed E-state index contributed by atoms with van der Waals surface area (Å²) in [5, 5.41) is 6.02. The highest BCUT2D eigenvalue weighted by atomic mass is 79.9. The SMILES string of the molecule is O=C(c1cccc(Oc2ccccc2)c1)N(/N=C/c1ccc(Br)cc1)c1nc2ccc(F)cc2s1. The standard InChI is InChI=1S/C27H17BrFN3O2S/c28-20-11-9-18(10-12-20)17-30-32(27-31-24-14-13-21(29)16-25(24)35-27)26(33)19-5-4-8-23(15-19)34-22-6-2-1-3-7-22/h1-17H/b30-17+. The summed E-state index contributed by atoms with van der Waals surface area (Å²) in [5.74, 6) is 0.423. The zero-order valence-corrected chi connectivity index (χ0v) is 20.5. The van der Waals surface area contributed by atoms with E-state index in [2.05, 4.69) is 26.0 Å². The first kappa shape index (κ1) is 22.9. The fourth-order valence-corrected chi connectivity index (χ4v) is 4.49. The Kier molecular flexibility index (Phi) is 6.65. The number of amides is 1. The van der Waals surface area contributed by atoms with Crippen molar-refractivity contribution in [1.82, 2.24) is 4.98 Å². The fourth-order valence-electron chi connectivity index (χ4n) is 3.28. The van der Waals surface area contributed by atoms with Gasteiger partial charge in [0.2, 0.25) is 5.13 Å². The number of halogens is 2. The Bertz CT molecular complexity index is 1520. The number of hydrazone groups is 1. The zero-order chi connectivity index (χ0) is 24.2. The van der Waals surface area contributed by atoms with Crippen molar-refractivity contribution in [1.29, 1.82) is 0 Å². The summed E-state index contributed by atoms with van der Waals surface area (Å²) in [5.41, 5.74) is 1.76. The third kappa shape index (κ3) is 5.45. The summed E-state index contributed by atoms with van der Waals surface area (Å²) in [4.78, 5) is 18.1. The molecule has 0 radical (unpaired) electrons. The van der Waals surface area contributed by atoms with E-state index in [1.165, 1.54) is 28.5 Å². The lowest BCUT2D eigenvalue weighted by molar-refractivity contribution is 0.0987. The number of aromatic nitrogens is 1. The highest BCUT2D eigenvalue weighted by molar-refractivity contribution is 9.10. The van der Waals surface area contributed by atoms with E-state index in [9.17, 15) is 9.18 Å². The summed E-state index contributed by atoms with van der Waals surface area (Å²) in [6.45, 7) is 0. The molecule has 35 heavy (non-hydrogen) atoms. The molecule has 1 amide bonds. The largest absolute Gasteiger partial charge is 0.457 e. The Morgan fingerprint density at radius 3 is 2.51 bits per heavy atom. The smallest absolute Gasteiger partial charge is 0.280 e.